The maximum absolute atomic E-state index is 14.3. The molecule has 0 bridgehead atoms. The third-order valence-corrected chi connectivity index (χ3v) is 7.22. The summed E-state index contributed by atoms with van der Waals surface area (Å²) in [6.45, 7) is 0. The van der Waals surface area contributed by atoms with Crippen LogP contribution in [0.1, 0.15) is 37.7 Å². The van der Waals surface area contributed by atoms with E-state index in [0.29, 0.717) is 0 Å². The minimum absolute atomic E-state index is 0.183. The standard InChI is InChI=1S/C25H23FN2O/c1-28-22-12-10-18(26)15-20(22)24(13-5-2-6-14-24)25(28)16-27-21-11-9-17-7-3-4-8-19(17)23(21)29-25/h3-4,7-12,15-16H,2,5-6,13-14H2,1H3. The van der Waals surface area contributed by atoms with Gasteiger partial charge in [0, 0.05) is 18.1 Å². The number of aliphatic imine (C=N–C) groups is 1. The minimum Gasteiger partial charge on any atom is -0.459 e. The van der Waals surface area contributed by atoms with Crippen LogP contribution in [0.25, 0.3) is 10.8 Å². The summed E-state index contributed by atoms with van der Waals surface area (Å²) in [6, 6.07) is 17.6. The number of fused-ring (bicyclic) bond motifs is 6. The average Bonchev–Trinajstić information content (AvgIpc) is 2.94. The number of rotatable bonds is 0. The van der Waals surface area contributed by atoms with Crippen molar-refractivity contribution >= 4 is 28.4 Å². The largest absolute Gasteiger partial charge is 0.459 e. The molecule has 0 radical (unpaired) electrons. The Kier molecular flexibility index (Phi) is 3.41. The van der Waals surface area contributed by atoms with Gasteiger partial charge in [-0.2, -0.15) is 0 Å². The molecule has 1 fully saturated rings. The van der Waals surface area contributed by atoms with E-state index >= 15 is 0 Å². The topological polar surface area (TPSA) is 24.8 Å². The first-order chi connectivity index (χ1) is 14.1. The van der Waals surface area contributed by atoms with E-state index in [1.54, 1.807) is 12.1 Å². The summed E-state index contributed by atoms with van der Waals surface area (Å²) in [5, 5.41) is 2.21. The summed E-state index contributed by atoms with van der Waals surface area (Å²) in [4.78, 5) is 7.08. The molecule has 0 saturated heterocycles. The van der Waals surface area contributed by atoms with E-state index in [9.17, 15) is 4.39 Å². The molecule has 1 atom stereocenters. The normalized spacial score (nSPS) is 24.0. The monoisotopic (exact) mass is 386 g/mol. The van der Waals surface area contributed by atoms with Crippen LogP contribution in [0.5, 0.6) is 5.75 Å². The van der Waals surface area contributed by atoms with E-state index in [1.165, 1.54) is 6.42 Å². The zero-order chi connectivity index (χ0) is 19.6. The lowest BCUT2D eigenvalue weighted by molar-refractivity contribution is 0.0411. The molecule has 2 spiro atoms. The molecule has 2 heterocycles. The minimum atomic E-state index is -0.735. The van der Waals surface area contributed by atoms with E-state index in [4.69, 9.17) is 9.73 Å². The number of likely N-dealkylation sites (N-methyl/N-ethyl adjacent to an activating group) is 1. The van der Waals surface area contributed by atoms with Crippen molar-refractivity contribution < 1.29 is 9.13 Å². The highest BCUT2D eigenvalue weighted by atomic mass is 19.1. The van der Waals surface area contributed by atoms with Gasteiger partial charge in [0.25, 0.3) is 0 Å². The van der Waals surface area contributed by atoms with Crippen LogP contribution in [-0.2, 0) is 5.41 Å². The predicted octanol–water partition coefficient (Wildman–Crippen LogP) is 6.12. The van der Waals surface area contributed by atoms with Crippen LogP contribution in [0.15, 0.2) is 59.6 Å². The first-order valence-electron chi connectivity index (χ1n) is 10.4. The third kappa shape index (κ3) is 2.09. The van der Waals surface area contributed by atoms with Gasteiger partial charge in [0.2, 0.25) is 5.72 Å². The van der Waals surface area contributed by atoms with E-state index < -0.39 is 5.72 Å². The molecule has 6 rings (SSSR count). The highest BCUT2D eigenvalue weighted by Gasteiger charge is 2.63. The van der Waals surface area contributed by atoms with Gasteiger partial charge in [-0.1, -0.05) is 49.6 Å². The van der Waals surface area contributed by atoms with Crippen molar-refractivity contribution in [3.8, 4) is 5.75 Å². The van der Waals surface area contributed by atoms with Gasteiger partial charge < -0.3 is 9.64 Å². The molecule has 0 amide bonds. The van der Waals surface area contributed by atoms with E-state index in [-0.39, 0.29) is 11.2 Å². The van der Waals surface area contributed by atoms with Crippen LogP contribution < -0.4 is 9.64 Å². The second-order valence-corrected chi connectivity index (χ2v) is 8.55. The van der Waals surface area contributed by atoms with Crippen molar-refractivity contribution in [2.45, 2.75) is 43.2 Å². The Morgan fingerprint density at radius 3 is 2.69 bits per heavy atom. The lowest BCUT2D eigenvalue weighted by Gasteiger charge is -2.50. The number of hydrogen-bond donors (Lipinski definition) is 0. The smallest absolute Gasteiger partial charge is 0.229 e. The van der Waals surface area contributed by atoms with Gasteiger partial charge in [-0.3, -0.25) is 4.99 Å². The van der Waals surface area contributed by atoms with Crippen LogP contribution in [0.3, 0.4) is 0 Å². The number of nitrogens with zero attached hydrogens (tertiary/aromatic N) is 2. The molecule has 1 saturated carbocycles. The van der Waals surface area contributed by atoms with Gasteiger partial charge in [-0.25, -0.2) is 4.39 Å². The Balaban J connectivity index is 1.61. The second-order valence-electron chi connectivity index (χ2n) is 8.55. The molecule has 0 aromatic heterocycles. The van der Waals surface area contributed by atoms with Crippen LogP contribution in [0.4, 0.5) is 15.8 Å². The fourth-order valence-corrected chi connectivity index (χ4v) is 5.82. The summed E-state index contributed by atoms with van der Waals surface area (Å²) in [5.41, 5.74) is 1.94. The van der Waals surface area contributed by atoms with Gasteiger partial charge in [-0.15, -0.1) is 0 Å². The first-order valence-corrected chi connectivity index (χ1v) is 10.4. The molecule has 3 aromatic rings. The molecule has 1 unspecified atom stereocenters. The second kappa shape index (κ2) is 5.82. The summed E-state index contributed by atoms with van der Waals surface area (Å²) in [6.07, 6.45) is 7.37. The molecule has 1 aliphatic carbocycles. The van der Waals surface area contributed by atoms with Crippen LogP contribution in [0, 0.1) is 5.82 Å². The number of halogens is 1. The zero-order valence-electron chi connectivity index (χ0n) is 16.5. The van der Waals surface area contributed by atoms with Gasteiger partial charge >= 0.3 is 0 Å². The first kappa shape index (κ1) is 17.0. The number of anilines is 1. The molecule has 3 aromatic carbocycles. The average molecular weight is 386 g/mol. The van der Waals surface area contributed by atoms with Crippen LogP contribution >= 0.6 is 0 Å². The molecule has 4 heteroatoms. The Morgan fingerprint density at radius 2 is 1.83 bits per heavy atom. The Bertz CT molecular complexity index is 1160. The number of hydrogen-bond acceptors (Lipinski definition) is 3. The zero-order valence-corrected chi connectivity index (χ0v) is 16.5. The van der Waals surface area contributed by atoms with Crippen molar-refractivity contribution in [2.75, 3.05) is 11.9 Å². The van der Waals surface area contributed by atoms with E-state index in [0.717, 1.165) is 59.1 Å². The maximum Gasteiger partial charge on any atom is 0.229 e. The maximum atomic E-state index is 14.3. The fraction of sp³-hybridized carbons (Fsp3) is 0.320. The molecule has 2 aliphatic heterocycles. The lowest BCUT2D eigenvalue weighted by Crippen LogP contribution is -2.63. The molecule has 3 aliphatic rings. The Hall–Kier alpha value is -2.88. The van der Waals surface area contributed by atoms with E-state index in [1.807, 2.05) is 30.5 Å². The van der Waals surface area contributed by atoms with Crippen molar-refractivity contribution in [2.24, 2.45) is 4.99 Å². The van der Waals surface area contributed by atoms with Gasteiger partial charge in [0.15, 0.2) is 5.75 Å². The number of benzene rings is 3. The number of ether oxygens (including phenoxy) is 1. The molecule has 3 nitrogen and oxygen atoms in total. The summed E-state index contributed by atoms with van der Waals surface area (Å²) >= 11 is 0. The molecule has 146 valence electrons. The Morgan fingerprint density at radius 1 is 1.00 bits per heavy atom. The van der Waals surface area contributed by atoms with Crippen molar-refractivity contribution in [3.63, 3.8) is 0 Å². The molecular weight excluding hydrogens is 363 g/mol. The van der Waals surface area contributed by atoms with Crippen molar-refractivity contribution in [3.05, 3.63) is 66.0 Å². The van der Waals surface area contributed by atoms with Gasteiger partial charge in [0.1, 0.15) is 11.5 Å². The highest BCUT2D eigenvalue weighted by Crippen LogP contribution is 2.60. The summed E-state index contributed by atoms with van der Waals surface area (Å²) in [5.74, 6) is 0.647. The summed E-state index contributed by atoms with van der Waals surface area (Å²) < 4.78 is 21.3. The third-order valence-electron chi connectivity index (χ3n) is 7.22. The van der Waals surface area contributed by atoms with Crippen LogP contribution in [0.2, 0.25) is 0 Å². The quantitative estimate of drug-likeness (QED) is 0.465. The van der Waals surface area contributed by atoms with E-state index in [2.05, 4.69) is 30.1 Å². The van der Waals surface area contributed by atoms with Crippen LogP contribution in [-0.4, -0.2) is 19.0 Å². The predicted molar refractivity (Wildman–Crippen MR) is 115 cm³/mol. The van der Waals surface area contributed by atoms with Crippen molar-refractivity contribution in [1.29, 1.82) is 0 Å². The SMILES string of the molecule is CN1c2ccc(F)cc2C2(CCCCC2)C12C=Nc1ccc3ccccc3c1O2. The summed E-state index contributed by atoms with van der Waals surface area (Å²) in [7, 11) is 2.06. The lowest BCUT2D eigenvalue weighted by atomic mass is 9.64. The molecule has 0 N–H and O–H groups in total. The molecule has 29 heavy (non-hydrogen) atoms. The van der Waals surface area contributed by atoms with Crippen molar-refractivity contribution in [1.82, 2.24) is 0 Å². The van der Waals surface area contributed by atoms with Gasteiger partial charge in [0.05, 0.1) is 11.6 Å². The Labute approximate surface area is 169 Å². The highest BCUT2D eigenvalue weighted by molar-refractivity contribution is 5.97. The molecular formula is C25H23FN2O. The fourth-order valence-electron chi connectivity index (χ4n) is 5.82. The van der Waals surface area contributed by atoms with Gasteiger partial charge in [-0.05, 0) is 48.1 Å².